The van der Waals surface area contributed by atoms with Gasteiger partial charge in [-0.3, -0.25) is 0 Å². The molecule has 3 heteroatoms. The lowest BCUT2D eigenvalue weighted by Crippen LogP contribution is -2.00. The van der Waals surface area contributed by atoms with E-state index < -0.39 is 0 Å². The first kappa shape index (κ1) is 15.2. The van der Waals surface area contributed by atoms with E-state index >= 15 is 0 Å². The van der Waals surface area contributed by atoms with Gasteiger partial charge in [0.05, 0.1) is 13.2 Å². The molecule has 0 saturated heterocycles. The van der Waals surface area contributed by atoms with Crippen molar-refractivity contribution in [2.24, 2.45) is 0 Å². The molecule has 0 aliphatic heterocycles. The predicted octanol–water partition coefficient (Wildman–Crippen LogP) is 3.09. The van der Waals surface area contributed by atoms with Crippen LogP contribution < -0.4 is 0 Å². The summed E-state index contributed by atoms with van der Waals surface area (Å²) in [4.78, 5) is 10.9. The SMILES string of the molecule is CCCCCCCOC/C=C/C(=O)OCC. The quantitative estimate of drug-likeness (QED) is 0.327. The number of rotatable bonds is 10. The van der Waals surface area contributed by atoms with E-state index in [0.29, 0.717) is 13.2 Å². The average molecular weight is 228 g/mol. The maximum absolute atomic E-state index is 10.9. The molecule has 0 unspecified atom stereocenters. The van der Waals surface area contributed by atoms with E-state index in [0.717, 1.165) is 13.0 Å². The lowest BCUT2D eigenvalue weighted by Gasteiger charge is -2.00. The number of hydrogen-bond donors (Lipinski definition) is 0. The minimum atomic E-state index is -0.297. The van der Waals surface area contributed by atoms with Gasteiger partial charge >= 0.3 is 5.97 Å². The van der Waals surface area contributed by atoms with Gasteiger partial charge in [-0.25, -0.2) is 4.79 Å². The van der Waals surface area contributed by atoms with Gasteiger partial charge in [0, 0.05) is 12.7 Å². The molecule has 0 aromatic carbocycles. The highest BCUT2D eigenvalue weighted by molar-refractivity contribution is 5.81. The smallest absolute Gasteiger partial charge is 0.330 e. The monoisotopic (exact) mass is 228 g/mol. The molecule has 0 spiro atoms. The van der Waals surface area contributed by atoms with Crippen LogP contribution in [0, 0.1) is 0 Å². The summed E-state index contributed by atoms with van der Waals surface area (Å²) < 4.78 is 10.1. The number of esters is 1. The second kappa shape index (κ2) is 12.2. The second-order valence-electron chi connectivity index (χ2n) is 3.64. The van der Waals surface area contributed by atoms with E-state index in [1.54, 1.807) is 13.0 Å². The van der Waals surface area contributed by atoms with Gasteiger partial charge in [0.15, 0.2) is 0 Å². The first-order valence-electron chi connectivity index (χ1n) is 6.22. The van der Waals surface area contributed by atoms with Gasteiger partial charge in [-0.1, -0.05) is 38.7 Å². The molecular formula is C13H24O3. The molecule has 0 amide bonds. The Bertz CT molecular complexity index is 188. The Morgan fingerprint density at radius 2 is 1.88 bits per heavy atom. The molecule has 0 fully saturated rings. The summed E-state index contributed by atoms with van der Waals surface area (Å²) >= 11 is 0. The van der Waals surface area contributed by atoms with Crippen LogP contribution in [0.1, 0.15) is 46.0 Å². The van der Waals surface area contributed by atoms with Gasteiger partial charge in [0.2, 0.25) is 0 Å². The first-order chi connectivity index (χ1) is 7.81. The molecule has 0 bridgehead atoms. The van der Waals surface area contributed by atoms with Crippen molar-refractivity contribution in [2.75, 3.05) is 19.8 Å². The largest absolute Gasteiger partial charge is 0.463 e. The third-order valence-corrected chi connectivity index (χ3v) is 2.15. The highest BCUT2D eigenvalue weighted by Crippen LogP contribution is 2.02. The topological polar surface area (TPSA) is 35.5 Å². The van der Waals surface area contributed by atoms with Crippen LogP contribution in [0.25, 0.3) is 0 Å². The van der Waals surface area contributed by atoms with Crippen molar-refractivity contribution >= 4 is 5.97 Å². The van der Waals surface area contributed by atoms with E-state index in [-0.39, 0.29) is 5.97 Å². The molecule has 0 aliphatic rings. The van der Waals surface area contributed by atoms with Crippen LogP contribution in [0.5, 0.6) is 0 Å². The predicted molar refractivity (Wildman–Crippen MR) is 65.4 cm³/mol. The summed E-state index contributed by atoms with van der Waals surface area (Å²) in [5.41, 5.74) is 0. The van der Waals surface area contributed by atoms with E-state index in [1.165, 1.54) is 31.8 Å². The first-order valence-corrected chi connectivity index (χ1v) is 6.22. The minimum absolute atomic E-state index is 0.297. The Kier molecular flexibility index (Phi) is 11.6. The van der Waals surface area contributed by atoms with Crippen LogP contribution in [0.15, 0.2) is 12.2 Å². The lowest BCUT2D eigenvalue weighted by atomic mass is 10.2. The standard InChI is InChI=1S/C13H24O3/c1-3-5-6-7-8-11-15-12-9-10-13(14)16-4-2/h9-10H,3-8,11-12H2,1-2H3/b10-9+. The van der Waals surface area contributed by atoms with Crippen LogP contribution in [-0.2, 0) is 14.3 Å². The molecule has 0 aromatic rings. The molecule has 0 N–H and O–H groups in total. The number of unbranched alkanes of at least 4 members (excludes halogenated alkanes) is 4. The van der Waals surface area contributed by atoms with Crippen molar-refractivity contribution in [1.82, 2.24) is 0 Å². The summed E-state index contributed by atoms with van der Waals surface area (Å²) in [5, 5.41) is 0. The zero-order chi connectivity index (χ0) is 12.1. The molecular weight excluding hydrogens is 204 g/mol. The van der Waals surface area contributed by atoms with Crippen molar-refractivity contribution in [3.8, 4) is 0 Å². The number of carbonyl (C=O) groups is 1. The maximum atomic E-state index is 10.9. The fourth-order valence-corrected chi connectivity index (χ4v) is 1.29. The summed E-state index contributed by atoms with van der Waals surface area (Å²) in [6.45, 7) is 5.68. The molecule has 0 radical (unpaired) electrons. The molecule has 0 saturated carbocycles. The number of ether oxygens (including phenoxy) is 2. The molecule has 0 rings (SSSR count). The maximum Gasteiger partial charge on any atom is 0.330 e. The summed E-state index contributed by atoms with van der Waals surface area (Å²) in [6, 6.07) is 0. The van der Waals surface area contributed by atoms with Crippen LogP contribution >= 0.6 is 0 Å². The van der Waals surface area contributed by atoms with Crippen LogP contribution in [-0.4, -0.2) is 25.8 Å². The molecule has 94 valence electrons. The van der Waals surface area contributed by atoms with Gasteiger partial charge < -0.3 is 9.47 Å². The highest BCUT2D eigenvalue weighted by Gasteiger charge is 1.92. The van der Waals surface area contributed by atoms with Gasteiger partial charge in [-0.2, -0.15) is 0 Å². The summed E-state index contributed by atoms with van der Waals surface area (Å²) in [7, 11) is 0. The zero-order valence-corrected chi connectivity index (χ0v) is 10.5. The van der Waals surface area contributed by atoms with Crippen molar-refractivity contribution in [3.63, 3.8) is 0 Å². The van der Waals surface area contributed by atoms with Crippen molar-refractivity contribution in [3.05, 3.63) is 12.2 Å². The molecule has 16 heavy (non-hydrogen) atoms. The van der Waals surface area contributed by atoms with E-state index in [9.17, 15) is 4.79 Å². The number of carbonyl (C=O) groups excluding carboxylic acids is 1. The summed E-state index contributed by atoms with van der Waals surface area (Å²) in [5.74, 6) is -0.297. The normalized spacial score (nSPS) is 10.9. The minimum Gasteiger partial charge on any atom is -0.463 e. The second-order valence-corrected chi connectivity index (χ2v) is 3.64. The van der Waals surface area contributed by atoms with E-state index in [2.05, 4.69) is 6.92 Å². The number of hydrogen-bond acceptors (Lipinski definition) is 3. The van der Waals surface area contributed by atoms with Gasteiger partial charge in [-0.15, -0.1) is 0 Å². The molecule has 0 heterocycles. The van der Waals surface area contributed by atoms with Gasteiger partial charge in [0.25, 0.3) is 0 Å². The Hall–Kier alpha value is -0.830. The van der Waals surface area contributed by atoms with E-state index in [4.69, 9.17) is 9.47 Å². The van der Waals surface area contributed by atoms with E-state index in [1.807, 2.05) is 0 Å². The lowest BCUT2D eigenvalue weighted by molar-refractivity contribution is -0.137. The Morgan fingerprint density at radius 1 is 1.12 bits per heavy atom. The van der Waals surface area contributed by atoms with Gasteiger partial charge in [0.1, 0.15) is 0 Å². The van der Waals surface area contributed by atoms with Crippen LogP contribution in [0.4, 0.5) is 0 Å². The van der Waals surface area contributed by atoms with Crippen molar-refractivity contribution in [2.45, 2.75) is 46.0 Å². The average Bonchev–Trinajstić information content (AvgIpc) is 2.27. The Balaban J connectivity index is 3.17. The highest BCUT2D eigenvalue weighted by atomic mass is 16.5. The van der Waals surface area contributed by atoms with Crippen LogP contribution in [0.2, 0.25) is 0 Å². The Labute approximate surface area is 98.8 Å². The summed E-state index contributed by atoms with van der Waals surface area (Å²) in [6.07, 6.45) is 9.32. The third-order valence-electron chi connectivity index (χ3n) is 2.15. The van der Waals surface area contributed by atoms with Crippen molar-refractivity contribution < 1.29 is 14.3 Å². The van der Waals surface area contributed by atoms with Crippen molar-refractivity contribution in [1.29, 1.82) is 0 Å². The van der Waals surface area contributed by atoms with Crippen LogP contribution in [0.3, 0.4) is 0 Å². The molecule has 0 atom stereocenters. The zero-order valence-electron chi connectivity index (χ0n) is 10.5. The molecule has 3 nitrogen and oxygen atoms in total. The fraction of sp³-hybridized carbons (Fsp3) is 0.769. The van der Waals surface area contributed by atoms with Gasteiger partial charge in [-0.05, 0) is 13.3 Å². The third kappa shape index (κ3) is 11.2. The molecule has 0 aromatic heterocycles. The Morgan fingerprint density at radius 3 is 2.56 bits per heavy atom. The fourth-order valence-electron chi connectivity index (χ4n) is 1.29. The molecule has 0 aliphatic carbocycles.